The first kappa shape index (κ1) is 15.7. The first-order valence-corrected chi connectivity index (χ1v) is 6.53. The molecule has 0 unspecified atom stereocenters. The van der Waals surface area contributed by atoms with Crippen LogP contribution in [0.25, 0.3) is 0 Å². The fourth-order valence-electron chi connectivity index (χ4n) is 1.34. The molecule has 0 N–H and O–H groups in total. The predicted octanol–water partition coefficient (Wildman–Crippen LogP) is 4.17. The van der Waals surface area contributed by atoms with Crippen molar-refractivity contribution in [2.24, 2.45) is 0 Å². The number of ether oxygens (including phenoxy) is 1. The number of nitro benzene ring substituents is 1. The van der Waals surface area contributed by atoms with Crippen molar-refractivity contribution in [1.29, 1.82) is 0 Å². The second-order valence-electron chi connectivity index (χ2n) is 3.68. The van der Waals surface area contributed by atoms with Crippen molar-refractivity contribution < 1.29 is 22.8 Å². The number of nitro groups is 1. The van der Waals surface area contributed by atoms with Gasteiger partial charge in [0.2, 0.25) is 0 Å². The van der Waals surface area contributed by atoms with E-state index in [1.165, 1.54) is 0 Å². The number of hydrogen-bond donors (Lipinski definition) is 0. The topological polar surface area (TPSA) is 52.4 Å². The fraction of sp³-hybridized carbons (Fsp3) is 0.455. The van der Waals surface area contributed by atoms with Crippen molar-refractivity contribution in [1.82, 2.24) is 0 Å². The van der Waals surface area contributed by atoms with Crippen LogP contribution in [0.5, 0.6) is 5.75 Å². The Morgan fingerprint density at radius 1 is 1.32 bits per heavy atom. The van der Waals surface area contributed by atoms with Crippen molar-refractivity contribution in [2.45, 2.75) is 19.0 Å². The third-order valence-corrected chi connectivity index (χ3v) is 2.83. The van der Waals surface area contributed by atoms with Crippen LogP contribution in [-0.2, 0) is 6.18 Å². The van der Waals surface area contributed by atoms with Crippen LogP contribution in [0.4, 0.5) is 18.9 Å². The summed E-state index contributed by atoms with van der Waals surface area (Å²) in [4.78, 5) is 9.86. The molecule has 0 atom stereocenters. The Bertz CT molecular complexity index is 451. The Labute approximate surface area is 115 Å². The highest BCUT2D eigenvalue weighted by Crippen LogP contribution is 2.36. The molecule has 4 nitrogen and oxygen atoms in total. The maximum Gasteiger partial charge on any atom is 0.416 e. The zero-order valence-corrected chi connectivity index (χ0v) is 11.3. The van der Waals surface area contributed by atoms with Gasteiger partial charge in [0.05, 0.1) is 17.1 Å². The van der Waals surface area contributed by atoms with E-state index >= 15 is 0 Å². The van der Waals surface area contributed by atoms with Crippen LogP contribution in [0.15, 0.2) is 18.2 Å². The van der Waals surface area contributed by atoms with E-state index in [0.29, 0.717) is 12.5 Å². The van der Waals surface area contributed by atoms with E-state index < -0.39 is 22.4 Å². The van der Waals surface area contributed by atoms with Gasteiger partial charge in [-0.2, -0.15) is 13.2 Å². The summed E-state index contributed by atoms with van der Waals surface area (Å²) in [7, 11) is 0. The molecule has 8 heteroatoms. The van der Waals surface area contributed by atoms with E-state index in [4.69, 9.17) is 4.74 Å². The molecule has 0 amide bonds. The molecule has 0 bridgehead atoms. The molecule has 1 aromatic rings. The number of hydrogen-bond acceptors (Lipinski definition) is 3. The van der Waals surface area contributed by atoms with E-state index in [-0.39, 0.29) is 12.4 Å². The van der Waals surface area contributed by atoms with Crippen molar-refractivity contribution in [3.8, 4) is 5.75 Å². The lowest BCUT2D eigenvalue weighted by Gasteiger charge is -2.09. The monoisotopic (exact) mass is 341 g/mol. The first-order valence-electron chi connectivity index (χ1n) is 5.40. The molecule has 0 aliphatic carbocycles. The van der Waals surface area contributed by atoms with Crippen LogP contribution in [0.3, 0.4) is 0 Å². The number of nitrogens with zero attached hydrogens (tertiary/aromatic N) is 1. The molecule has 0 saturated carbocycles. The van der Waals surface area contributed by atoms with Gasteiger partial charge in [-0.25, -0.2) is 0 Å². The smallest absolute Gasteiger partial charge is 0.416 e. The van der Waals surface area contributed by atoms with Gasteiger partial charge in [-0.1, -0.05) is 15.9 Å². The lowest BCUT2D eigenvalue weighted by atomic mass is 10.2. The van der Waals surface area contributed by atoms with Gasteiger partial charge in [0.25, 0.3) is 0 Å². The maximum atomic E-state index is 12.4. The molecule has 106 valence electrons. The van der Waals surface area contributed by atoms with Crippen LogP contribution in [0.1, 0.15) is 18.4 Å². The molecule has 1 aromatic carbocycles. The standard InChI is InChI=1S/C11H11BrF3NO3/c12-5-1-2-6-19-10-4-3-8(11(13,14)15)7-9(10)16(17)18/h3-4,7H,1-2,5-6H2. The molecular formula is C11H11BrF3NO3. The largest absolute Gasteiger partial charge is 0.487 e. The van der Waals surface area contributed by atoms with E-state index in [1.807, 2.05) is 0 Å². The molecule has 0 aliphatic rings. The van der Waals surface area contributed by atoms with Crippen molar-refractivity contribution in [2.75, 3.05) is 11.9 Å². The number of alkyl halides is 4. The Balaban J connectivity index is 2.90. The average molecular weight is 342 g/mol. The highest BCUT2D eigenvalue weighted by molar-refractivity contribution is 9.09. The summed E-state index contributed by atoms with van der Waals surface area (Å²) in [5, 5.41) is 11.5. The number of benzene rings is 1. The molecular weight excluding hydrogens is 331 g/mol. The number of rotatable bonds is 6. The van der Waals surface area contributed by atoms with Gasteiger partial charge in [-0.3, -0.25) is 10.1 Å². The summed E-state index contributed by atoms with van der Waals surface area (Å²) >= 11 is 3.22. The normalized spacial score (nSPS) is 11.4. The highest BCUT2D eigenvalue weighted by Gasteiger charge is 2.33. The van der Waals surface area contributed by atoms with Gasteiger partial charge in [-0.05, 0) is 25.0 Å². The van der Waals surface area contributed by atoms with Gasteiger partial charge < -0.3 is 4.74 Å². The Morgan fingerprint density at radius 3 is 2.53 bits per heavy atom. The lowest BCUT2D eigenvalue weighted by Crippen LogP contribution is -2.07. The number of unbranched alkanes of at least 4 members (excludes halogenated alkanes) is 1. The first-order chi connectivity index (χ1) is 8.86. The van der Waals surface area contributed by atoms with Crippen LogP contribution < -0.4 is 4.74 Å². The predicted molar refractivity (Wildman–Crippen MR) is 66.6 cm³/mol. The van der Waals surface area contributed by atoms with Crippen LogP contribution >= 0.6 is 15.9 Å². The zero-order valence-electron chi connectivity index (χ0n) is 9.74. The van der Waals surface area contributed by atoms with Crippen LogP contribution in [0.2, 0.25) is 0 Å². The van der Waals surface area contributed by atoms with Gasteiger partial charge in [0, 0.05) is 11.4 Å². The van der Waals surface area contributed by atoms with Crippen LogP contribution in [0, 0.1) is 10.1 Å². The number of halogens is 4. The second kappa shape index (κ2) is 6.74. The van der Waals surface area contributed by atoms with Gasteiger partial charge in [-0.15, -0.1) is 0 Å². The molecule has 0 heterocycles. The van der Waals surface area contributed by atoms with Crippen molar-refractivity contribution in [3.05, 3.63) is 33.9 Å². The van der Waals surface area contributed by atoms with E-state index in [0.717, 1.165) is 23.9 Å². The minimum Gasteiger partial charge on any atom is -0.487 e. The minimum atomic E-state index is -4.61. The summed E-state index contributed by atoms with van der Waals surface area (Å²) in [5.41, 5.74) is -1.74. The fourth-order valence-corrected chi connectivity index (χ4v) is 1.73. The maximum absolute atomic E-state index is 12.4. The zero-order chi connectivity index (χ0) is 14.5. The summed E-state index contributed by atoms with van der Waals surface area (Å²) in [6, 6.07) is 2.24. The Morgan fingerprint density at radius 2 is 2.00 bits per heavy atom. The molecule has 0 aliphatic heterocycles. The van der Waals surface area contributed by atoms with E-state index in [1.54, 1.807) is 0 Å². The quantitative estimate of drug-likeness (QED) is 0.337. The minimum absolute atomic E-state index is 0.146. The van der Waals surface area contributed by atoms with Gasteiger partial charge >= 0.3 is 11.9 Å². The third kappa shape index (κ3) is 4.70. The molecule has 0 radical (unpaired) electrons. The van der Waals surface area contributed by atoms with E-state index in [2.05, 4.69) is 15.9 Å². The lowest BCUT2D eigenvalue weighted by molar-refractivity contribution is -0.386. The molecule has 0 saturated heterocycles. The molecule has 0 fully saturated rings. The molecule has 19 heavy (non-hydrogen) atoms. The average Bonchev–Trinajstić information content (AvgIpc) is 2.33. The summed E-state index contributed by atoms with van der Waals surface area (Å²) < 4.78 is 42.5. The van der Waals surface area contributed by atoms with E-state index in [9.17, 15) is 23.3 Å². The second-order valence-corrected chi connectivity index (χ2v) is 4.47. The van der Waals surface area contributed by atoms with Gasteiger partial charge in [0.1, 0.15) is 0 Å². The Kier molecular flexibility index (Phi) is 5.59. The SMILES string of the molecule is O=[N+]([O-])c1cc(C(F)(F)F)ccc1OCCCCBr. The summed E-state index contributed by atoms with van der Waals surface area (Å²) in [6.07, 6.45) is -3.14. The molecule has 1 rings (SSSR count). The summed E-state index contributed by atoms with van der Waals surface area (Å²) in [5.74, 6) is -0.146. The van der Waals surface area contributed by atoms with Crippen LogP contribution in [-0.4, -0.2) is 16.9 Å². The van der Waals surface area contributed by atoms with Crippen molar-refractivity contribution >= 4 is 21.6 Å². The van der Waals surface area contributed by atoms with Crippen molar-refractivity contribution in [3.63, 3.8) is 0 Å². The summed E-state index contributed by atoms with van der Waals surface area (Å²) in [6.45, 7) is 0.220. The third-order valence-electron chi connectivity index (χ3n) is 2.27. The Hall–Kier alpha value is -1.31. The highest BCUT2D eigenvalue weighted by atomic mass is 79.9. The molecule has 0 aromatic heterocycles. The molecule has 0 spiro atoms. The van der Waals surface area contributed by atoms with Gasteiger partial charge in [0.15, 0.2) is 5.75 Å².